The number of ether oxygens (including phenoxy) is 1. The van der Waals surface area contributed by atoms with Crippen LogP contribution in [0.15, 0.2) is 71.7 Å². The maximum atomic E-state index is 12.7. The zero-order valence-electron chi connectivity index (χ0n) is 22.9. The van der Waals surface area contributed by atoms with Gasteiger partial charge in [0.1, 0.15) is 5.75 Å². The summed E-state index contributed by atoms with van der Waals surface area (Å²) in [4.78, 5) is 43.1. The highest BCUT2D eigenvalue weighted by Crippen LogP contribution is 2.32. The van der Waals surface area contributed by atoms with Gasteiger partial charge in [0, 0.05) is 17.4 Å². The van der Waals surface area contributed by atoms with E-state index in [4.69, 9.17) is 4.74 Å². The highest BCUT2D eigenvalue weighted by molar-refractivity contribution is 8.15. The molecule has 3 N–H and O–H groups in total. The fourth-order valence-electron chi connectivity index (χ4n) is 4.18. The number of carbonyl (C=O) groups excluding carboxylic acids is 3. The van der Waals surface area contributed by atoms with Crippen LogP contribution in [0.5, 0.6) is 5.75 Å². The van der Waals surface area contributed by atoms with Gasteiger partial charge in [0.05, 0.1) is 24.1 Å². The van der Waals surface area contributed by atoms with E-state index < -0.39 is 23.8 Å². The first-order valence-corrected chi connectivity index (χ1v) is 13.8. The van der Waals surface area contributed by atoms with Crippen LogP contribution >= 0.6 is 11.8 Å². The number of nitrogens with one attached hydrogen (secondary N) is 3. The fourth-order valence-corrected chi connectivity index (χ4v) is 5.04. The van der Waals surface area contributed by atoms with Crippen molar-refractivity contribution in [2.24, 2.45) is 4.99 Å². The zero-order chi connectivity index (χ0) is 30.4. The van der Waals surface area contributed by atoms with Gasteiger partial charge in [-0.15, -0.1) is 0 Å². The first-order chi connectivity index (χ1) is 19.9. The molecule has 3 aromatic carbocycles. The molecule has 1 atom stereocenters. The number of aryl methyl sites for hydroxylation is 1. The lowest BCUT2D eigenvalue weighted by molar-refractivity contribution is -0.137. The van der Waals surface area contributed by atoms with Gasteiger partial charge in [-0.05, 0) is 86.0 Å². The number of amidine groups is 1. The number of amides is 5. The second kappa shape index (κ2) is 13.0. The van der Waals surface area contributed by atoms with E-state index in [1.54, 1.807) is 49.6 Å². The van der Waals surface area contributed by atoms with Crippen LogP contribution in [0.4, 0.5) is 39.8 Å². The first kappa shape index (κ1) is 30.4. The van der Waals surface area contributed by atoms with Crippen molar-refractivity contribution in [1.29, 1.82) is 0 Å². The monoisotopic (exact) mass is 599 g/mol. The maximum Gasteiger partial charge on any atom is 0.416 e. The molecule has 1 unspecified atom stereocenters. The molecular formula is C29H28F3N5O4S. The number of benzene rings is 3. The Morgan fingerprint density at radius 3 is 2.21 bits per heavy atom. The van der Waals surface area contributed by atoms with Crippen LogP contribution < -0.4 is 25.6 Å². The molecule has 1 fully saturated rings. The third-order valence-electron chi connectivity index (χ3n) is 6.20. The van der Waals surface area contributed by atoms with Crippen molar-refractivity contribution in [3.05, 3.63) is 83.4 Å². The molecule has 3 aromatic rings. The SMILES string of the molecule is COc1ccc(N2C(=O)CS/C2=N\C(=O)NC(C)Cc2ccc(NC(=O)Nc3ccc(C(F)(F)F)cc3)cc2)c(C)c1. The molecule has 0 bridgehead atoms. The molecule has 13 heteroatoms. The number of anilines is 3. The standard InChI is InChI=1S/C29H28F3N5O4S/c1-17-14-23(41-3)12-13-24(17)37-25(38)16-42-28(37)36-26(39)33-18(2)15-19-4-8-21(9-5-19)34-27(40)35-22-10-6-20(7-11-22)29(30,31)32/h4-14,18H,15-16H2,1-3H3,(H,33,39)(H2,34,35,40)/b36-28-. The Labute approximate surface area is 244 Å². The summed E-state index contributed by atoms with van der Waals surface area (Å²) in [5, 5.41) is 8.21. The number of aliphatic imine (C=N–C) groups is 1. The number of carbonyl (C=O) groups is 3. The van der Waals surface area contributed by atoms with Crippen molar-refractivity contribution in [2.45, 2.75) is 32.5 Å². The Bertz CT molecular complexity index is 1490. The predicted octanol–water partition coefficient (Wildman–Crippen LogP) is 6.44. The minimum absolute atomic E-state index is 0.172. The second-order valence-corrected chi connectivity index (χ2v) is 10.4. The molecule has 0 spiro atoms. The lowest BCUT2D eigenvalue weighted by Gasteiger charge is -2.19. The summed E-state index contributed by atoms with van der Waals surface area (Å²) < 4.78 is 43.3. The molecule has 0 aliphatic carbocycles. The number of hydrogen-bond acceptors (Lipinski definition) is 5. The van der Waals surface area contributed by atoms with E-state index in [-0.39, 0.29) is 23.4 Å². The van der Waals surface area contributed by atoms with Gasteiger partial charge in [0.2, 0.25) is 5.91 Å². The van der Waals surface area contributed by atoms with Gasteiger partial charge < -0.3 is 20.7 Å². The third kappa shape index (κ3) is 7.81. The van der Waals surface area contributed by atoms with Crippen LogP contribution in [0, 0.1) is 6.92 Å². The highest BCUT2D eigenvalue weighted by atomic mass is 32.2. The van der Waals surface area contributed by atoms with Crippen LogP contribution in [0.2, 0.25) is 0 Å². The average Bonchev–Trinajstić information content (AvgIpc) is 3.28. The maximum absolute atomic E-state index is 12.7. The van der Waals surface area contributed by atoms with Gasteiger partial charge in [-0.1, -0.05) is 23.9 Å². The molecule has 5 amide bonds. The van der Waals surface area contributed by atoms with Crippen molar-refractivity contribution in [2.75, 3.05) is 28.4 Å². The molecule has 4 rings (SSSR count). The molecule has 1 aliphatic rings. The van der Waals surface area contributed by atoms with Crippen molar-refractivity contribution in [3.8, 4) is 5.75 Å². The Morgan fingerprint density at radius 2 is 1.64 bits per heavy atom. The van der Waals surface area contributed by atoms with Gasteiger partial charge in [-0.2, -0.15) is 18.2 Å². The minimum atomic E-state index is -4.45. The van der Waals surface area contributed by atoms with E-state index in [1.807, 2.05) is 13.8 Å². The molecule has 1 saturated heterocycles. The minimum Gasteiger partial charge on any atom is -0.497 e. The Balaban J connectivity index is 1.30. The predicted molar refractivity (Wildman–Crippen MR) is 157 cm³/mol. The highest BCUT2D eigenvalue weighted by Gasteiger charge is 2.32. The lowest BCUT2D eigenvalue weighted by atomic mass is 10.1. The van der Waals surface area contributed by atoms with E-state index in [1.165, 1.54) is 28.8 Å². The summed E-state index contributed by atoms with van der Waals surface area (Å²) in [6, 6.07) is 14.9. The number of hydrogen-bond donors (Lipinski definition) is 3. The fraction of sp³-hybridized carbons (Fsp3) is 0.241. The second-order valence-electron chi connectivity index (χ2n) is 9.47. The first-order valence-electron chi connectivity index (χ1n) is 12.8. The summed E-state index contributed by atoms with van der Waals surface area (Å²) in [5.74, 6) is 0.663. The van der Waals surface area contributed by atoms with Crippen LogP contribution in [-0.2, 0) is 17.4 Å². The number of thioether (sulfide) groups is 1. The van der Waals surface area contributed by atoms with Gasteiger partial charge in [-0.3, -0.25) is 9.69 Å². The molecule has 220 valence electrons. The van der Waals surface area contributed by atoms with Crippen molar-refractivity contribution in [1.82, 2.24) is 5.32 Å². The molecule has 1 aliphatic heterocycles. The summed E-state index contributed by atoms with van der Waals surface area (Å²) in [7, 11) is 1.56. The number of methoxy groups -OCH3 is 1. The van der Waals surface area contributed by atoms with Gasteiger partial charge in [-0.25, -0.2) is 9.59 Å². The van der Waals surface area contributed by atoms with Crippen molar-refractivity contribution < 1.29 is 32.3 Å². The quantitative estimate of drug-likeness (QED) is 0.289. The van der Waals surface area contributed by atoms with Gasteiger partial charge >= 0.3 is 18.2 Å². The van der Waals surface area contributed by atoms with E-state index >= 15 is 0 Å². The van der Waals surface area contributed by atoms with E-state index in [9.17, 15) is 27.6 Å². The molecule has 1 heterocycles. The molecule has 42 heavy (non-hydrogen) atoms. The number of alkyl halides is 3. The molecule has 0 saturated carbocycles. The summed E-state index contributed by atoms with van der Waals surface area (Å²) in [5.41, 5.74) is 2.20. The Morgan fingerprint density at radius 1 is 1.02 bits per heavy atom. The van der Waals surface area contributed by atoms with Crippen LogP contribution in [0.1, 0.15) is 23.6 Å². The topological polar surface area (TPSA) is 112 Å². The number of rotatable bonds is 7. The molecule has 0 radical (unpaired) electrons. The van der Waals surface area contributed by atoms with E-state index in [0.717, 1.165) is 23.3 Å². The number of nitrogens with zero attached hydrogens (tertiary/aromatic N) is 2. The normalized spacial score (nSPS) is 15.0. The largest absolute Gasteiger partial charge is 0.497 e. The smallest absolute Gasteiger partial charge is 0.416 e. The van der Waals surface area contributed by atoms with E-state index in [2.05, 4.69) is 20.9 Å². The van der Waals surface area contributed by atoms with Crippen LogP contribution in [0.3, 0.4) is 0 Å². The molecule has 0 aromatic heterocycles. The zero-order valence-corrected chi connectivity index (χ0v) is 23.7. The van der Waals surface area contributed by atoms with Crippen molar-refractivity contribution >= 4 is 52.0 Å². The lowest BCUT2D eigenvalue weighted by Crippen LogP contribution is -2.35. The summed E-state index contributed by atoms with van der Waals surface area (Å²) >= 11 is 1.19. The number of halogens is 3. The summed E-state index contributed by atoms with van der Waals surface area (Å²) in [6.45, 7) is 3.67. The number of urea groups is 2. The Kier molecular flexibility index (Phi) is 9.41. The molecule has 9 nitrogen and oxygen atoms in total. The van der Waals surface area contributed by atoms with Crippen LogP contribution in [0.25, 0.3) is 0 Å². The van der Waals surface area contributed by atoms with Crippen molar-refractivity contribution in [3.63, 3.8) is 0 Å². The molecular weight excluding hydrogens is 571 g/mol. The summed E-state index contributed by atoms with van der Waals surface area (Å²) in [6.07, 6.45) is -3.98. The van der Waals surface area contributed by atoms with Gasteiger partial charge in [0.15, 0.2) is 5.17 Å². The Hall–Kier alpha value is -4.52. The average molecular weight is 600 g/mol. The van der Waals surface area contributed by atoms with Crippen LogP contribution in [-0.4, -0.2) is 42.0 Å². The van der Waals surface area contributed by atoms with Gasteiger partial charge in [0.25, 0.3) is 0 Å². The third-order valence-corrected chi connectivity index (χ3v) is 7.12. The van der Waals surface area contributed by atoms with E-state index in [0.29, 0.717) is 28.7 Å².